The Morgan fingerprint density at radius 1 is 0.357 bits per heavy atom. The van der Waals surface area contributed by atoms with E-state index in [1.165, 1.54) is 5.39 Å². The second-order valence-electron chi connectivity index (χ2n) is 10.2. The van der Waals surface area contributed by atoms with Crippen molar-refractivity contribution in [2.24, 2.45) is 0 Å². The van der Waals surface area contributed by atoms with Gasteiger partial charge < -0.3 is 0 Å². The van der Waals surface area contributed by atoms with Crippen LogP contribution in [0, 0.1) is 0 Å². The Morgan fingerprint density at radius 2 is 0.952 bits per heavy atom. The lowest BCUT2D eigenvalue weighted by Gasteiger charge is -2.11. The van der Waals surface area contributed by atoms with E-state index in [1.807, 2.05) is 54.7 Å². The van der Waals surface area contributed by atoms with E-state index in [-0.39, 0.29) is 0 Å². The van der Waals surface area contributed by atoms with E-state index in [4.69, 9.17) is 15.0 Å². The third-order valence-electron chi connectivity index (χ3n) is 7.60. The monoisotopic (exact) mass is 537 g/mol. The van der Waals surface area contributed by atoms with Gasteiger partial charge in [0.05, 0.1) is 11.0 Å². The molecule has 0 saturated heterocycles. The van der Waals surface area contributed by atoms with Crippen LogP contribution in [0.25, 0.3) is 77.9 Å². The summed E-state index contributed by atoms with van der Waals surface area (Å²) in [6.45, 7) is 0. The zero-order valence-electron chi connectivity index (χ0n) is 22.5. The number of fused-ring (bicyclic) bond motifs is 3. The molecule has 0 aliphatic rings. The fourth-order valence-corrected chi connectivity index (χ4v) is 5.46. The van der Waals surface area contributed by atoms with Crippen molar-refractivity contribution in [1.82, 2.24) is 24.9 Å². The van der Waals surface area contributed by atoms with Gasteiger partial charge in [0.1, 0.15) is 0 Å². The van der Waals surface area contributed by atoms with Gasteiger partial charge in [-0.15, -0.1) is 0 Å². The molecule has 0 N–H and O–H groups in total. The molecule has 0 bridgehead atoms. The SMILES string of the molecule is c1ccc2cc(-c3nc(-c4ccc(-c5cccc6ncccc56)cc4)nc(-c4ccc5ncccc5c4)n3)ccc2c1. The van der Waals surface area contributed by atoms with Crippen LogP contribution in [-0.2, 0) is 0 Å². The van der Waals surface area contributed by atoms with Gasteiger partial charge in [0, 0.05) is 39.9 Å². The van der Waals surface area contributed by atoms with E-state index in [1.54, 1.807) is 6.20 Å². The van der Waals surface area contributed by atoms with Crippen molar-refractivity contribution in [3.8, 4) is 45.3 Å². The number of pyridine rings is 2. The Kier molecular flexibility index (Phi) is 5.71. The number of nitrogens with zero attached hydrogens (tertiary/aromatic N) is 5. The van der Waals surface area contributed by atoms with Crippen LogP contribution in [0.3, 0.4) is 0 Å². The van der Waals surface area contributed by atoms with Crippen LogP contribution in [0.15, 0.2) is 140 Å². The molecule has 8 rings (SSSR count). The topological polar surface area (TPSA) is 64.5 Å². The fourth-order valence-electron chi connectivity index (χ4n) is 5.46. The maximum absolute atomic E-state index is 4.98. The molecule has 0 aliphatic carbocycles. The molecule has 8 aromatic rings. The molecule has 196 valence electrons. The lowest BCUT2D eigenvalue weighted by molar-refractivity contribution is 1.07. The predicted octanol–water partition coefficient (Wildman–Crippen LogP) is 8.79. The van der Waals surface area contributed by atoms with Gasteiger partial charge in [-0.2, -0.15) is 0 Å². The van der Waals surface area contributed by atoms with Crippen molar-refractivity contribution in [2.75, 3.05) is 0 Å². The largest absolute Gasteiger partial charge is 0.256 e. The molecule has 0 unspecified atom stereocenters. The van der Waals surface area contributed by atoms with Crippen molar-refractivity contribution in [2.45, 2.75) is 0 Å². The highest BCUT2D eigenvalue weighted by molar-refractivity contribution is 5.94. The van der Waals surface area contributed by atoms with Crippen LogP contribution < -0.4 is 0 Å². The molecule has 0 spiro atoms. The smallest absolute Gasteiger partial charge is 0.164 e. The normalized spacial score (nSPS) is 11.3. The number of hydrogen-bond acceptors (Lipinski definition) is 5. The first-order chi connectivity index (χ1) is 20.8. The standard InChI is InChI=1S/C37H23N5/c1-2-7-27-22-29(17-12-24(27)6-1)36-40-35(41-37(42-36)30-18-19-33-28(23-30)8-4-20-38-33)26-15-13-25(14-16-26)31-9-3-11-34-32(31)10-5-21-39-34/h1-23H. The summed E-state index contributed by atoms with van der Waals surface area (Å²) in [5.41, 5.74) is 6.96. The van der Waals surface area contributed by atoms with Crippen LogP contribution >= 0.6 is 0 Å². The van der Waals surface area contributed by atoms with Crippen molar-refractivity contribution >= 4 is 32.6 Å². The molecule has 0 fully saturated rings. The Morgan fingerprint density at radius 3 is 1.76 bits per heavy atom. The molecule has 5 heteroatoms. The lowest BCUT2D eigenvalue weighted by atomic mass is 9.99. The first-order valence-electron chi connectivity index (χ1n) is 13.8. The van der Waals surface area contributed by atoms with E-state index in [9.17, 15) is 0 Å². The molecule has 0 saturated carbocycles. The van der Waals surface area contributed by atoms with Crippen LogP contribution in [0.1, 0.15) is 0 Å². The minimum atomic E-state index is 0.623. The zero-order chi connectivity index (χ0) is 27.9. The number of aromatic nitrogens is 5. The molecule has 0 aliphatic heterocycles. The first-order valence-corrected chi connectivity index (χ1v) is 13.8. The van der Waals surface area contributed by atoms with Crippen molar-refractivity contribution < 1.29 is 0 Å². The van der Waals surface area contributed by atoms with E-state index in [0.29, 0.717) is 17.5 Å². The Hall–Kier alpha value is -5.81. The summed E-state index contributed by atoms with van der Waals surface area (Å²) >= 11 is 0. The van der Waals surface area contributed by atoms with Crippen LogP contribution in [-0.4, -0.2) is 24.9 Å². The highest BCUT2D eigenvalue weighted by atomic mass is 15.0. The van der Waals surface area contributed by atoms with Gasteiger partial charge in [-0.3, -0.25) is 9.97 Å². The molecule has 5 nitrogen and oxygen atoms in total. The van der Waals surface area contributed by atoms with Crippen molar-refractivity contribution in [3.05, 3.63) is 140 Å². The summed E-state index contributed by atoms with van der Waals surface area (Å²) in [4.78, 5) is 23.9. The van der Waals surface area contributed by atoms with Gasteiger partial charge in [-0.25, -0.2) is 15.0 Å². The summed E-state index contributed by atoms with van der Waals surface area (Å²) in [5, 5.41) is 4.49. The summed E-state index contributed by atoms with van der Waals surface area (Å²) in [7, 11) is 0. The van der Waals surface area contributed by atoms with Gasteiger partial charge in [0.15, 0.2) is 17.5 Å². The minimum Gasteiger partial charge on any atom is -0.256 e. The van der Waals surface area contributed by atoms with E-state index in [2.05, 4.69) is 88.8 Å². The van der Waals surface area contributed by atoms with Gasteiger partial charge >= 0.3 is 0 Å². The zero-order valence-corrected chi connectivity index (χ0v) is 22.5. The molecule has 0 radical (unpaired) electrons. The maximum Gasteiger partial charge on any atom is 0.164 e. The molecule has 0 amide bonds. The number of benzene rings is 5. The quantitative estimate of drug-likeness (QED) is 0.224. The fraction of sp³-hybridized carbons (Fsp3) is 0. The number of hydrogen-bond donors (Lipinski definition) is 0. The molecule has 3 heterocycles. The highest BCUT2D eigenvalue weighted by Gasteiger charge is 2.14. The summed E-state index contributed by atoms with van der Waals surface area (Å²) in [5.74, 6) is 1.88. The molecule has 3 aromatic heterocycles. The third-order valence-corrected chi connectivity index (χ3v) is 7.60. The van der Waals surface area contributed by atoms with Gasteiger partial charge in [-0.1, -0.05) is 84.9 Å². The minimum absolute atomic E-state index is 0.623. The van der Waals surface area contributed by atoms with Gasteiger partial charge in [0.2, 0.25) is 0 Å². The molecular formula is C37H23N5. The van der Waals surface area contributed by atoms with Crippen molar-refractivity contribution in [3.63, 3.8) is 0 Å². The third kappa shape index (κ3) is 4.34. The number of rotatable bonds is 4. The Labute approximate surface area is 242 Å². The average molecular weight is 538 g/mol. The summed E-state index contributed by atoms with van der Waals surface area (Å²) in [6.07, 6.45) is 3.63. The van der Waals surface area contributed by atoms with E-state index < -0.39 is 0 Å². The first kappa shape index (κ1) is 24.0. The van der Waals surface area contributed by atoms with Crippen LogP contribution in [0.2, 0.25) is 0 Å². The lowest BCUT2D eigenvalue weighted by Crippen LogP contribution is -2.00. The van der Waals surface area contributed by atoms with Crippen LogP contribution in [0.4, 0.5) is 0 Å². The van der Waals surface area contributed by atoms with Crippen molar-refractivity contribution in [1.29, 1.82) is 0 Å². The van der Waals surface area contributed by atoms with Gasteiger partial charge in [-0.05, 0) is 64.4 Å². The van der Waals surface area contributed by atoms with Crippen LogP contribution in [0.5, 0.6) is 0 Å². The highest BCUT2D eigenvalue weighted by Crippen LogP contribution is 2.31. The summed E-state index contributed by atoms with van der Waals surface area (Å²) < 4.78 is 0. The molecule has 5 aromatic carbocycles. The predicted molar refractivity (Wildman–Crippen MR) is 170 cm³/mol. The maximum atomic E-state index is 4.98. The molecular weight excluding hydrogens is 514 g/mol. The molecule has 42 heavy (non-hydrogen) atoms. The average Bonchev–Trinajstić information content (AvgIpc) is 3.07. The molecule has 0 atom stereocenters. The Bertz CT molecular complexity index is 2150. The second kappa shape index (κ2) is 9.98. The van der Waals surface area contributed by atoms with E-state index in [0.717, 1.165) is 55.0 Å². The summed E-state index contributed by atoms with van der Waals surface area (Å²) in [6, 6.07) is 43.5. The van der Waals surface area contributed by atoms with Gasteiger partial charge in [0.25, 0.3) is 0 Å². The van der Waals surface area contributed by atoms with E-state index >= 15 is 0 Å². The Balaban J connectivity index is 1.27. The second-order valence-corrected chi connectivity index (χ2v) is 10.2.